The third kappa shape index (κ3) is 5.80. The highest BCUT2D eigenvalue weighted by molar-refractivity contribution is 4.70. The molecule has 2 N–H and O–H groups in total. The average Bonchev–Trinajstić information content (AvgIpc) is 2.34. The molecule has 0 spiro atoms. The van der Waals surface area contributed by atoms with E-state index in [-0.39, 0.29) is 6.10 Å². The maximum atomic E-state index is 5.28. The fraction of sp³-hybridized carbons (Fsp3) is 1.00. The van der Waals surface area contributed by atoms with Crippen LogP contribution >= 0.6 is 0 Å². The highest BCUT2D eigenvalue weighted by Crippen LogP contribution is 2.12. The number of piperidine rings is 1. The molecule has 0 radical (unpaired) electrons. The first-order valence-electron chi connectivity index (χ1n) is 6.30. The second-order valence-electron chi connectivity index (χ2n) is 4.52. The van der Waals surface area contributed by atoms with Crippen molar-refractivity contribution < 1.29 is 9.47 Å². The molecular weight excluding hydrogens is 204 g/mol. The zero-order valence-electron chi connectivity index (χ0n) is 10.6. The zero-order chi connectivity index (χ0) is 11.6. The van der Waals surface area contributed by atoms with Crippen molar-refractivity contribution >= 4 is 0 Å². The van der Waals surface area contributed by atoms with Crippen LogP contribution < -0.4 is 10.6 Å². The van der Waals surface area contributed by atoms with Crippen LogP contribution in [0.3, 0.4) is 0 Å². The van der Waals surface area contributed by atoms with Gasteiger partial charge in [0.15, 0.2) is 0 Å². The van der Waals surface area contributed by atoms with Crippen LogP contribution in [0.5, 0.6) is 0 Å². The Bertz CT molecular complexity index is 154. The first-order valence-corrected chi connectivity index (χ1v) is 6.30. The van der Waals surface area contributed by atoms with Gasteiger partial charge in [0.25, 0.3) is 0 Å². The molecule has 0 bridgehead atoms. The van der Waals surface area contributed by atoms with Gasteiger partial charge in [-0.3, -0.25) is 0 Å². The van der Waals surface area contributed by atoms with E-state index in [0.717, 1.165) is 19.0 Å². The molecule has 0 amide bonds. The summed E-state index contributed by atoms with van der Waals surface area (Å²) in [6, 6.07) is 0. The van der Waals surface area contributed by atoms with E-state index >= 15 is 0 Å². The van der Waals surface area contributed by atoms with Gasteiger partial charge >= 0.3 is 0 Å². The minimum absolute atomic E-state index is 0.175. The third-order valence-electron chi connectivity index (χ3n) is 3.19. The Morgan fingerprint density at radius 1 is 1.44 bits per heavy atom. The minimum Gasteiger partial charge on any atom is -0.382 e. The Hall–Kier alpha value is -0.160. The number of methoxy groups -OCH3 is 2. The minimum atomic E-state index is 0.175. The smallest absolute Gasteiger partial charge is 0.0928 e. The van der Waals surface area contributed by atoms with Gasteiger partial charge in [0, 0.05) is 20.8 Å². The lowest BCUT2D eigenvalue weighted by atomic mass is 9.96. The van der Waals surface area contributed by atoms with Gasteiger partial charge in [-0.2, -0.15) is 0 Å². The largest absolute Gasteiger partial charge is 0.382 e. The molecule has 0 aromatic carbocycles. The second kappa shape index (κ2) is 8.93. The maximum absolute atomic E-state index is 5.28. The quantitative estimate of drug-likeness (QED) is 0.600. The van der Waals surface area contributed by atoms with Crippen LogP contribution in [0.25, 0.3) is 0 Å². The second-order valence-corrected chi connectivity index (χ2v) is 4.52. The third-order valence-corrected chi connectivity index (χ3v) is 3.19. The van der Waals surface area contributed by atoms with E-state index in [1.54, 1.807) is 14.2 Å². The van der Waals surface area contributed by atoms with Crippen LogP contribution in [0.2, 0.25) is 0 Å². The first-order chi connectivity index (χ1) is 7.86. The molecule has 96 valence electrons. The van der Waals surface area contributed by atoms with Crippen LogP contribution in [0, 0.1) is 5.92 Å². The van der Waals surface area contributed by atoms with Gasteiger partial charge in [0.05, 0.1) is 12.7 Å². The Balaban J connectivity index is 1.97. The number of ether oxygens (including phenoxy) is 2. The van der Waals surface area contributed by atoms with E-state index in [4.69, 9.17) is 9.47 Å². The molecule has 16 heavy (non-hydrogen) atoms. The van der Waals surface area contributed by atoms with Crippen LogP contribution in [0.4, 0.5) is 0 Å². The Labute approximate surface area is 99.1 Å². The van der Waals surface area contributed by atoms with Crippen molar-refractivity contribution in [3.63, 3.8) is 0 Å². The molecular formula is C12H26N2O2. The van der Waals surface area contributed by atoms with E-state index in [2.05, 4.69) is 10.6 Å². The van der Waals surface area contributed by atoms with Crippen molar-refractivity contribution in [2.75, 3.05) is 47.0 Å². The van der Waals surface area contributed by atoms with E-state index < -0.39 is 0 Å². The van der Waals surface area contributed by atoms with E-state index in [1.807, 2.05) is 0 Å². The van der Waals surface area contributed by atoms with Gasteiger partial charge in [-0.1, -0.05) is 0 Å². The predicted molar refractivity (Wildman–Crippen MR) is 65.8 cm³/mol. The lowest BCUT2D eigenvalue weighted by Gasteiger charge is -2.23. The summed E-state index contributed by atoms with van der Waals surface area (Å²) >= 11 is 0. The molecule has 4 nitrogen and oxygen atoms in total. The normalized spacial score (nSPS) is 23.2. The molecule has 2 unspecified atom stereocenters. The van der Waals surface area contributed by atoms with Crippen LogP contribution in [-0.4, -0.2) is 53.1 Å². The van der Waals surface area contributed by atoms with Crippen molar-refractivity contribution in [3.8, 4) is 0 Å². The van der Waals surface area contributed by atoms with Gasteiger partial charge in [-0.15, -0.1) is 0 Å². The number of nitrogens with one attached hydrogen (secondary N) is 2. The Morgan fingerprint density at radius 3 is 2.94 bits per heavy atom. The first kappa shape index (κ1) is 13.9. The highest BCUT2D eigenvalue weighted by Gasteiger charge is 2.12. The van der Waals surface area contributed by atoms with Gasteiger partial charge in [-0.05, 0) is 44.8 Å². The number of hydrogen-bond acceptors (Lipinski definition) is 4. The summed E-state index contributed by atoms with van der Waals surface area (Å²) in [5.41, 5.74) is 0. The van der Waals surface area contributed by atoms with E-state index in [0.29, 0.717) is 6.61 Å². The Morgan fingerprint density at radius 2 is 2.31 bits per heavy atom. The SMILES string of the molecule is COCC(CNCCC1CCCNC1)OC. The lowest BCUT2D eigenvalue weighted by Crippen LogP contribution is -2.35. The molecule has 0 aliphatic carbocycles. The van der Waals surface area contributed by atoms with Crippen LogP contribution in [0.1, 0.15) is 19.3 Å². The number of hydrogen-bond donors (Lipinski definition) is 2. The molecule has 1 saturated heterocycles. The van der Waals surface area contributed by atoms with Crippen molar-refractivity contribution in [1.82, 2.24) is 10.6 Å². The van der Waals surface area contributed by atoms with Gasteiger partial charge in [-0.25, -0.2) is 0 Å². The fourth-order valence-electron chi connectivity index (χ4n) is 2.14. The zero-order valence-corrected chi connectivity index (χ0v) is 10.6. The lowest BCUT2D eigenvalue weighted by molar-refractivity contribution is 0.0288. The fourth-order valence-corrected chi connectivity index (χ4v) is 2.14. The predicted octanol–water partition coefficient (Wildman–Crippen LogP) is 0.627. The van der Waals surface area contributed by atoms with Gasteiger partial charge in [0.1, 0.15) is 0 Å². The summed E-state index contributed by atoms with van der Waals surface area (Å²) in [6.07, 6.45) is 4.14. The van der Waals surface area contributed by atoms with Crippen molar-refractivity contribution in [2.45, 2.75) is 25.4 Å². The molecule has 1 aliphatic rings. The average molecular weight is 230 g/mol. The van der Waals surface area contributed by atoms with Gasteiger partial charge < -0.3 is 20.1 Å². The molecule has 1 rings (SSSR count). The van der Waals surface area contributed by atoms with Gasteiger partial charge in [0.2, 0.25) is 0 Å². The van der Waals surface area contributed by atoms with Crippen LogP contribution in [0.15, 0.2) is 0 Å². The number of rotatable bonds is 8. The van der Waals surface area contributed by atoms with E-state index in [9.17, 15) is 0 Å². The van der Waals surface area contributed by atoms with Crippen LogP contribution in [-0.2, 0) is 9.47 Å². The monoisotopic (exact) mass is 230 g/mol. The summed E-state index contributed by atoms with van der Waals surface area (Å²) in [5, 5.41) is 6.88. The summed E-state index contributed by atoms with van der Waals surface area (Å²) in [6.45, 7) is 5.01. The molecule has 2 atom stereocenters. The summed E-state index contributed by atoms with van der Waals surface area (Å²) in [7, 11) is 3.44. The molecule has 4 heteroatoms. The molecule has 1 heterocycles. The standard InChI is InChI=1S/C12H26N2O2/c1-15-10-12(16-2)9-14-7-5-11-4-3-6-13-8-11/h11-14H,3-10H2,1-2H3. The van der Waals surface area contributed by atoms with E-state index in [1.165, 1.54) is 32.4 Å². The highest BCUT2D eigenvalue weighted by atomic mass is 16.5. The maximum Gasteiger partial charge on any atom is 0.0928 e. The molecule has 0 saturated carbocycles. The summed E-state index contributed by atoms with van der Waals surface area (Å²) in [5.74, 6) is 0.852. The summed E-state index contributed by atoms with van der Waals surface area (Å²) < 4.78 is 10.3. The molecule has 0 aromatic heterocycles. The Kier molecular flexibility index (Phi) is 7.76. The van der Waals surface area contributed by atoms with Crippen molar-refractivity contribution in [2.24, 2.45) is 5.92 Å². The molecule has 0 aromatic rings. The van der Waals surface area contributed by atoms with Crippen molar-refractivity contribution in [3.05, 3.63) is 0 Å². The molecule has 1 fully saturated rings. The topological polar surface area (TPSA) is 42.5 Å². The summed E-state index contributed by atoms with van der Waals surface area (Å²) in [4.78, 5) is 0. The van der Waals surface area contributed by atoms with Crippen molar-refractivity contribution in [1.29, 1.82) is 0 Å². The molecule has 1 aliphatic heterocycles.